The number of carboxylic acids is 2. The van der Waals surface area contributed by atoms with E-state index in [1.807, 2.05) is 0 Å². The lowest BCUT2D eigenvalue weighted by atomic mass is 9.75. The fraction of sp³-hybridized carbons (Fsp3) is 0.800. The SMILES string of the molecule is O=C(O)CC1CCCCC1(P)CC(=O)O. The van der Waals surface area contributed by atoms with Gasteiger partial charge >= 0.3 is 11.9 Å². The maximum atomic E-state index is 10.7. The summed E-state index contributed by atoms with van der Waals surface area (Å²) in [7, 11) is 2.59. The van der Waals surface area contributed by atoms with E-state index in [0.29, 0.717) is 0 Å². The highest BCUT2D eigenvalue weighted by Gasteiger charge is 2.39. The molecule has 0 aliphatic heterocycles. The van der Waals surface area contributed by atoms with Gasteiger partial charge in [0.1, 0.15) is 0 Å². The molecule has 1 saturated carbocycles. The molecule has 3 unspecified atom stereocenters. The van der Waals surface area contributed by atoms with Crippen LogP contribution in [0, 0.1) is 5.92 Å². The second kappa shape index (κ2) is 4.93. The number of hydrogen-bond acceptors (Lipinski definition) is 2. The summed E-state index contributed by atoms with van der Waals surface area (Å²) < 4.78 is 0. The first kappa shape index (κ1) is 12.4. The maximum Gasteiger partial charge on any atom is 0.304 e. The molecule has 15 heavy (non-hydrogen) atoms. The summed E-state index contributed by atoms with van der Waals surface area (Å²) in [4.78, 5) is 21.4. The van der Waals surface area contributed by atoms with Gasteiger partial charge in [0.2, 0.25) is 0 Å². The highest BCUT2D eigenvalue weighted by molar-refractivity contribution is 7.19. The van der Waals surface area contributed by atoms with Crippen molar-refractivity contribution in [2.45, 2.75) is 43.7 Å². The van der Waals surface area contributed by atoms with Gasteiger partial charge in [-0.25, -0.2) is 0 Å². The summed E-state index contributed by atoms with van der Waals surface area (Å²) in [5, 5.41) is 17.2. The predicted molar refractivity (Wildman–Crippen MR) is 58.9 cm³/mol. The van der Waals surface area contributed by atoms with Gasteiger partial charge in [0, 0.05) is 6.42 Å². The van der Waals surface area contributed by atoms with E-state index in [2.05, 4.69) is 9.24 Å². The van der Waals surface area contributed by atoms with Crippen molar-refractivity contribution in [2.75, 3.05) is 0 Å². The second-order valence-corrected chi connectivity index (χ2v) is 5.49. The molecule has 1 aliphatic rings. The van der Waals surface area contributed by atoms with Gasteiger partial charge in [-0.3, -0.25) is 9.59 Å². The highest BCUT2D eigenvalue weighted by atomic mass is 31.0. The zero-order valence-electron chi connectivity index (χ0n) is 8.61. The molecule has 0 aromatic carbocycles. The molecule has 0 aromatic heterocycles. The summed E-state index contributed by atoms with van der Waals surface area (Å²) in [6, 6.07) is 0. The lowest BCUT2D eigenvalue weighted by Crippen LogP contribution is -2.38. The van der Waals surface area contributed by atoms with E-state index in [9.17, 15) is 9.59 Å². The Hall–Kier alpha value is -0.630. The molecule has 0 saturated heterocycles. The molecule has 5 heteroatoms. The Morgan fingerprint density at radius 1 is 1.27 bits per heavy atom. The van der Waals surface area contributed by atoms with Crippen LogP contribution in [0.4, 0.5) is 0 Å². The van der Waals surface area contributed by atoms with Gasteiger partial charge < -0.3 is 10.2 Å². The van der Waals surface area contributed by atoms with Crippen LogP contribution in [0.25, 0.3) is 0 Å². The molecule has 1 fully saturated rings. The molecule has 0 spiro atoms. The normalized spacial score (nSPS) is 31.1. The van der Waals surface area contributed by atoms with Gasteiger partial charge in [-0.1, -0.05) is 12.8 Å². The molecule has 86 valence electrons. The summed E-state index contributed by atoms with van der Waals surface area (Å²) in [5.74, 6) is -1.70. The van der Waals surface area contributed by atoms with Crippen molar-refractivity contribution in [1.29, 1.82) is 0 Å². The van der Waals surface area contributed by atoms with Crippen LogP contribution in [0.15, 0.2) is 0 Å². The summed E-state index contributed by atoms with van der Waals surface area (Å²) in [5.41, 5.74) is 0. The van der Waals surface area contributed by atoms with Crippen LogP contribution in [0.1, 0.15) is 38.5 Å². The molecule has 0 radical (unpaired) electrons. The molecule has 0 heterocycles. The van der Waals surface area contributed by atoms with Gasteiger partial charge in [-0.2, -0.15) is 0 Å². The third-order valence-electron chi connectivity index (χ3n) is 3.16. The Balaban J connectivity index is 2.71. The Morgan fingerprint density at radius 3 is 2.47 bits per heavy atom. The highest BCUT2D eigenvalue weighted by Crippen LogP contribution is 2.45. The summed E-state index contributed by atoms with van der Waals surface area (Å²) in [6.45, 7) is 0. The topological polar surface area (TPSA) is 74.6 Å². The third kappa shape index (κ3) is 3.45. The molecule has 2 N–H and O–H groups in total. The lowest BCUT2D eigenvalue weighted by molar-refractivity contribution is -0.141. The molecule has 0 bridgehead atoms. The van der Waals surface area contributed by atoms with Crippen molar-refractivity contribution in [3.63, 3.8) is 0 Å². The van der Waals surface area contributed by atoms with Gasteiger partial charge in [0.05, 0.1) is 6.42 Å². The molecule has 1 aliphatic carbocycles. The van der Waals surface area contributed by atoms with E-state index < -0.39 is 17.1 Å². The van der Waals surface area contributed by atoms with Crippen LogP contribution in [0.2, 0.25) is 0 Å². The predicted octanol–water partition coefficient (Wildman–Crippen LogP) is 1.74. The van der Waals surface area contributed by atoms with Crippen LogP contribution in [-0.2, 0) is 9.59 Å². The monoisotopic (exact) mass is 232 g/mol. The van der Waals surface area contributed by atoms with Crippen molar-refractivity contribution >= 4 is 21.2 Å². The first-order valence-corrected chi connectivity index (χ1v) is 5.74. The Kier molecular flexibility index (Phi) is 4.09. The number of rotatable bonds is 4. The van der Waals surface area contributed by atoms with Crippen LogP contribution in [0.5, 0.6) is 0 Å². The second-order valence-electron chi connectivity index (χ2n) is 4.34. The van der Waals surface area contributed by atoms with Crippen molar-refractivity contribution in [3.05, 3.63) is 0 Å². The van der Waals surface area contributed by atoms with E-state index >= 15 is 0 Å². The van der Waals surface area contributed by atoms with Crippen molar-refractivity contribution in [1.82, 2.24) is 0 Å². The molecular formula is C10H17O4P. The zero-order chi connectivity index (χ0) is 11.5. The van der Waals surface area contributed by atoms with E-state index in [0.717, 1.165) is 25.7 Å². The molecule has 3 atom stereocenters. The smallest absolute Gasteiger partial charge is 0.304 e. The quantitative estimate of drug-likeness (QED) is 0.724. The van der Waals surface area contributed by atoms with Gasteiger partial charge in [0.25, 0.3) is 0 Å². The van der Waals surface area contributed by atoms with E-state index in [1.165, 1.54) is 0 Å². The number of hydrogen-bond donors (Lipinski definition) is 2. The molecule has 4 nitrogen and oxygen atoms in total. The first-order valence-electron chi connectivity index (χ1n) is 5.16. The largest absolute Gasteiger partial charge is 0.481 e. The fourth-order valence-electron chi connectivity index (χ4n) is 2.37. The van der Waals surface area contributed by atoms with E-state index in [4.69, 9.17) is 10.2 Å². The Labute approximate surface area is 91.3 Å². The maximum absolute atomic E-state index is 10.7. The molecule has 0 aromatic rings. The number of carbonyl (C=O) groups is 2. The minimum Gasteiger partial charge on any atom is -0.481 e. The zero-order valence-corrected chi connectivity index (χ0v) is 9.76. The van der Waals surface area contributed by atoms with Crippen LogP contribution < -0.4 is 0 Å². The molecule has 1 rings (SSSR count). The molecule has 0 amide bonds. The summed E-state index contributed by atoms with van der Waals surface area (Å²) >= 11 is 0. The van der Waals surface area contributed by atoms with Gasteiger partial charge in [0.15, 0.2) is 0 Å². The Bertz CT molecular complexity index is 266. The lowest BCUT2D eigenvalue weighted by Gasteiger charge is -2.39. The van der Waals surface area contributed by atoms with Crippen molar-refractivity contribution in [2.24, 2.45) is 5.92 Å². The van der Waals surface area contributed by atoms with E-state index in [-0.39, 0.29) is 18.8 Å². The Morgan fingerprint density at radius 2 is 1.93 bits per heavy atom. The van der Waals surface area contributed by atoms with Crippen LogP contribution in [0.3, 0.4) is 0 Å². The third-order valence-corrected chi connectivity index (χ3v) is 4.12. The van der Waals surface area contributed by atoms with E-state index in [1.54, 1.807) is 0 Å². The summed E-state index contributed by atoms with van der Waals surface area (Å²) in [6.07, 6.45) is 3.75. The van der Waals surface area contributed by atoms with Crippen LogP contribution in [-0.4, -0.2) is 27.3 Å². The average Bonchev–Trinajstić information content (AvgIpc) is 2.07. The first-order chi connectivity index (χ1) is 6.94. The minimum atomic E-state index is -0.845. The van der Waals surface area contributed by atoms with Crippen molar-refractivity contribution in [3.8, 4) is 0 Å². The van der Waals surface area contributed by atoms with Crippen molar-refractivity contribution < 1.29 is 19.8 Å². The minimum absolute atomic E-state index is 0.0233. The average molecular weight is 232 g/mol. The standard InChI is InChI=1S/C10H17O4P/c11-8(12)5-7-3-1-2-4-10(7,15)6-9(13)14/h7H,1-6,15H2,(H,11,12)(H,13,14). The van der Waals surface area contributed by atoms with Crippen LogP contribution >= 0.6 is 9.24 Å². The number of carboxylic acid groups (broad SMARTS) is 2. The molecular weight excluding hydrogens is 215 g/mol. The van der Waals surface area contributed by atoms with Gasteiger partial charge in [-0.15, -0.1) is 9.24 Å². The number of aliphatic carboxylic acids is 2. The van der Waals surface area contributed by atoms with Gasteiger partial charge in [-0.05, 0) is 23.9 Å². The fourth-order valence-corrected chi connectivity index (χ4v) is 3.03.